The lowest BCUT2D eigenvalue weighted by Crippen LogP contribution is -2.48. The van der Waals surface area contributed by atoms with Crippen LogP contribution in [-0.4, -0.2) is 29.9 Å². The number of amides is 1. The van der Waals surface area contributed by atoms with E-state index >= 15 is 0 Å². The summed E-state index contributed by atoms with van der Waals surface area (Å²) in [7, 11) is 0. The van der Waals surface area contributed by atoms with Crippen LogP contribution in [0.3, 0.4) is 0 Å². The van der Waals surface area contributed by atoms with Crippen molar-refractivity contribution in [1.82, 2.24) is 10.2 Å². The number of carbonyl (C=O) groups is 1. The molecule has 1 aromatic heterocycles. The van der Waals surface area contributed by atoms with Gasteiger partial charge >= 0.3 is 0 Å². The van der Waals surface area contributed by atoms with Crippen molar-refractivity contribution in [2.75, 3.05) is 13.1 Å². The van der Waals surface area contributed by atoms with Gasteiger partial charge in [0.15, 0.2) is 0 Å². The van der Waals surface area contributed by atoms with E-state index in [0.29, 0.717) is 6.04 Å². The summed E-state index contributed by atoms with van der Waals surface area (Å²) < 4.78 is 1.18. The average Bonchev–Trinajstić information content (AvgIpc) is 2.81. The van der Waals surface area contributed by atoms with Gasteiger partial charge in [0.25, 0.3) is 0 Å². The van der Waals surface area contributed by atoms with E-state index in [2.05, 4.69) is 32.7 Å². The van der Waals surface area contributed by atoms with E-state index in [0.717, 1.165) is 32.5 Å². The van der Waals surface area contributed by atoms with Gasteiger partial charge in [0.05, 0.1) is 3.79 Å². The van der Waals surface area contributed by atoms with E-state index in [1.54, 1.807) is 11.3 Å². The molecule has 1 aromatic rings. The van der Waals surface area contributed by atoms with Gasteiger partial charge in [-0.25, -0.2) is 0 Å². The van der Waals surface area contributed by atoms with E-state index in [-0.39, 0.29) is 11.3 Å². The van der Waals surface area contributed by atoms with E-state index in [4.69, 9.17) is 0 Å². The van der Waals surface area contributed by atoms with Crippen LogP contribution in [0.5, 0.6) is 0 Å². The molecule has 1 saturated heterocycles. The molecule has 0 spiro atoms. The highest BCUT2D eigenvalue weighted by Crippen LogP contribution is 2.22. The number of rotatable bonds is 3. The minimum absolute atomic E-state index is 0.261. The SMILES string of the molecule is CC(C)(C)C(=O)N1CCC(NCc2csc(Br)c2)CC1. The first kappa shape index (κ1) is 16.0. The van der Waals surface area contributed by atoms with Crippen LogP contribution in [0, 0.1) is 5.41 Å². The first-order valence-electron chi connectivity index (χ1n) is 7.12. The first-order valence-corrected chi connectivity index (χ1v) is 8.79. The summed E-state index contributed by atoms with van der Waals surface area (Å²) in [6.45, 7) is 8.65. The minimum Gasteiger partial charge on any atom is -0.342 e. The highest BCUT2D eigenvalue weighted by Gasteiger charge is 2.30. The molecule has 0 unspecified atom stereocenters. The number of thiophene rings is 1. The van der Waals surface area contributed by atoms with Gasteiger partial charge in [0.2, 0.25) is 5.91 Å². The Bertz CT molecular complexity index is 459. The summed E-state index contributed by atoms with van der Waals surface area (Å²) in [6, 6.07) is 2.69. The van der Waals surface area contributed by atoms with Gasteiger partial charge in [-0.3, -0.25) is 4.79 Å². The number of nitrogens with one attached hydrogen (secondary N) is 1. The molecule has 1 N–H and O–H groups in total. The molecular weight excluding hydrogens is 336 g/mol. The molecule has 1 aliphatic heterocycles. The number of carbonyl (C=O) groups excluding carboxylic acids is 1. The van der Waals surface area contributed by atoms with Gasteiger partial charge in [0.1, 0.15) is 0 Å². The van der Waals surface area contributed by atoms with Crippen molar-refractivity contribution in [1.29, 1.82) is 0 Å². The van der Waals surface area contributed by atoms with Gasteiger partial charge in [0, 0.05) is 31.1 Å². The molecule has 1 amide bonds. The third kappa shape index (κ3) is 4.30. The third-order valence-corrected chi connectivity index (χ3v) is 5.19. The maximum atomic E-state index is 12.2. The molecule has 1 fully saturated rings. The van der Waals surface area contributed by atoms with Crippen LogP contribution >= 0.6 is 27.3 Å². The zero-order chi connectivity index (χ0) is 14.8. The Labute approximate surface area is 133 Å². The highest BCUT2D eigenvalue weighted by atomic mass is 79.9. The third-order valence-electron chi connectivity index (χ3n) is 3.64. The van der Waals surface area contributed by atoms with E-state index in [9.17, 15) is 4.79 Å². The van der Waals surface area contributed by atoms with Crippen molar-refractivity contribution in [2.24, 2.45) is 5.41 Å². The molecule has 0 bridgehead atoms. The minimum atomic E-state index is -0.261. The summed E-state index contributed by atoms with van der Waals surface area (Å²) in [5.74, 6) is 0.276. The van der Waals surface area contributed by atoms with Crippen LogP contribution in [0.4, 0.5) is 0 Å². The van der Waals surface area contributed by atoms with Crippen molar-refractivity contribution >= 4 is 33.2 Å². The monoisotopic (exact) mass is 358 g/mol. The Morgan fingerprint density at radius 1 is 1.45 bits per heavy atom. The molecule has 0 aliphatic carbocycles. The van der Waals surface area contributed by atoms with Crippen LogP contribution < -0.4 is 5.32 Å². The normalized spacial score (nSPS) is 17.5. The smallest absolute Gasteiger partial charge is 0.227 e. The Morgan fingerprint density at radius 3 is 2.60 bits per heavy atom. The van der Waals surface area contributed by atoms with Crippen molar-refractivity contribution in [3.05, 3.63) is 20.8 Å². The highest BCUT2D eigenvalue weighted by molar-refractivity contribution is 9.11. The van der Waals surface area contributed by atoms with Crippen LogP contribution in [0.25, 0.3) is 0 Å². The standard InChI is InChI=1S/C15H23BrN2OS/c1-15(2,3)14(19)18-6-4-12(5-7-18)17-9-11-8-13(16)20-10-11/h8,10,12,17H,4-7,9H2,1-3H3. The molecule has 5 heteroatoms. The molecule has 112 valence electrons. The topological polar surface area (TPSA) is 32.3 Å². The predicted octanol–water partition coefficient (Wildman–Crippen LogP) is 3.64. The Morgan fingerprint density at radius 2 is 2.10 bits per heavy atom. The van der Waals surface area contributed by atoms with Crippen LogP contribution in [0.1, 0.15) is 39.2 Å². The van der Waals surface area contributed by atoms with Gasteiger partial charge < -0.3 is 10.2 Å². The van der Waals surface area contributed by atoms with Crippen molar-refractivity contribution in [3.8, 4) is 0 Å². The zero-order valence-electron chi connectivity index (χ0n) is 12.4. The van der Waals surface area contributed by atoms with Crippen molar-refractivity contribution < 1.29 is 4.79 Å². The van der Waals surface area contributed by atoms with E-state index in [1.165, 1.54) is 9.35 Å². The Balaban J connectivity index is 1.76. The number of nitrogens with zero attached hydrogens (tertiary/aromatic N) is 1. The lowest BCUT2D eigenvalue weighted by molar-refractivity contribution is -0.140. The molecule has 0 aromatic carbocycles. The largest absolute Gasteiger partial charge is 0.342 e. The van der Waals surface area contributed by atoms with Gasteiger partial charge in [-0.05, 0) is 45.8 Å². The fourth-order valence-electron chi connectivity index (χ4n) is 2.46. The maximum absolute atomic E-state index is 12.2. The van der Waals surface area contributed by atoms with E-state index in [1.807, 2.05) is 25.7 Å². The van der Waals surface area contributed by atoms with E-state index < -0.39 is 0 Å². The first-order chi connectivity index (χ1) is 9.36. The van der Waals surface area contributed by atoms with Crippen LogP contribution in [0.15, 0.2) is 15.2 Å². The number of piperidine rings is 1. The summed E-state index contributed by atoms with van der Waals surface area (Å²) in [4.78, 5) is 14.2. The molecule has 2 heterocycles. The molecular formula is C15H23BrN2OS. The second-order valence-corrected chi connectivity index (χ2v) is 8.75. The van der Waals surface area contributed by atoms with Gasteiger partial charge in [-0.2, -0.15) is 0 Å². The van der Waals surface area contributed by atoms with Crippen LogP contribution in [-0.2, 0) is 11.3 Å². The molecule has 0 atom stereocenters. The quantitative estimate of drug-likeness (QED) is 0.894. The number of halogens is 1. The molecule has 0 saturated carbocycles. The van der Waals surface area contributed by atoms with Gasteiger partial charge in [-0.15, -0.1) is 11.3 Å². The van der Waals surface area contributed by atoms with Crippen molar-refractivity contribution in [2.45, 2.75) is 46.2 Å². The fourth-order valence-corrected chi connectivity index (χ4v) is 3.67. The van der Waals surface area contributed by atoms with Crippen LogP contribution in [0.2, 0.25) is 0 Å². The predicted molar refractivity (Wildman–Crippen MR) is 87.9 cm³/mol. The summed E-state index contributed by atoms with van der Waals surface area (Å²) >= 11 is 5.21. The Kier molecular flexibility index (Phi) is 5.26. The number of likely N-dealkylation sites (tertiary alicyclic amines) is 1. The maximum Gasteiger partial charge on any atom is 0.227 e. The average molecular weight is 359 g/mol. The molecule has 2 rings (SSSR count). The summed E-state index contributed by atoms with van der Waals surface area (Å²) in [5.41, 5.74) is 1.07. The molecule has 3 nitrogen and oxygen atoms in total. The molecule has 1 aliphatic rings. The Hall–Kier alpha value is -0.390. The fraction of sp³-hybridized carbons (Fsp3) is 0.667. The van der Waals surface area contributed by atoms with Crippen molar-refractivity contribution in [3.63, 3.8) is 0 Å². The summed E-state index contributed by atoms with van der Waals surface area (Å²) in [5, 5.41) is 5.77. The zero-order valence-corrected chi connectivity index (χ0v) is 14.8. The lowest BCUT2D eigenvalue weighted by Gasteiger charge is -2.36. The van der Waals surface area contributed by atoms with Gasteiger partial charge in [-0.1, -0.05) is 20.8 Å². The number of hydrogen-bond acceptors (Lipinski definition) is 3. The second-order valence-electron chi connectivity index (χ2n) is 6.46. The molecule has 20 heavy (non-hydrogen) atoms. The summed E-state index contributed by atoms with van der Waals surface area (Å²) in [6.07, 6.45) is 2.10. The lowest BCUT2D eigenvalue weighted by atomic mass is 9.93. The number of hydrogen-bond donors (Lipinski definition) is 1. The molecule has 0 radical (unpaired) electrons. The second kappa shape index (κ2) is 6.58.